The van der Waals surface area contributed by atoms with Crippen molar-refractivity contribution in [1.29, 1.82) is 0 Å². The van der Waals surface area contributed by atoms with Gasteiger partial charge in [-0.3, -0.25) is 9.36 Å². The van der Waals surface area contributed by atoms with Gasteiger partial charge in [-0.2, -0.15) is 0 Å². The van der Waals surface area contributed by atoms with Crippen LogP contribution in [0.5, 0.6) is 0 Å². The Hall–Kier alpha value is -3.05. The van der Waals surface area contributed by atoms with Crippen LogP contribution in [0.25, 0.3) is 5.57 Å². The number of benzene rings is 2. The lowest BCUT2D eigenvalue weighted by atomic mass is 9.88. The molecule has 5 heteroatoms. The maximum atomic E-state index is 13.6. The largest absolute Gasteiger partial charge is 0.302 e. The summed E-state index contributed by atoms with van der Waals surface area (Å²) in [6.45, 7) is 7.70. The molecule has 2 aliphatic rings. The fourth-order valence-corrected chi connectivity index (χ4v) is 5.58. The van der Waals surface area contributed by atoms with E-state index in [1.54, 1.807) is 12.1 Å². The lowest BCUT2D eigenvalue weighted by Crippen LogP contribution is -2.36. The van der Waals surface area contributed by atoms with Gasteiger partial charge in [0.1, 0.15) is 11.6 Å². The SMILES string of the molecule is Cc1cccc(C(=C2CCN(CCc3c(C)nc4n(c3=O)CCCC4)CC2)c2ccc(F)cc2)c1. The van der Waals surface area contributed by atoms with E-state index in [1.807, 2.05) is 23.6 Å². The topological polar surface area (TPSA) is 38.1 Å². The molecule has 4 nitrogen and oxygen atoms in total. The molecule has 0 unspecified atom stereocenters. The summed E-state index contributed by atoms with van der Waals surface area (Å²) in [5.41, 5.74) is 8.10. The minimum atomic E-state index is -0.208. The van der Waals surface area contributed by atoms with E-state index in [-0.39, 0.29) is 11.4 Å². The fourth-order valence-electron chi connectivity index (χ4n) is 5.58. The van der Waals surface area contributed by atoms with Crippen molar-refractivity contribution in [3.63, 3.8) is 0 Å². The van der Waals surface area contributed by atoms with Crippen molar-refractivity contribution in [2.75, 3.05) is 19.6 Å². The van der Waals surface area contributed by atoms with Gasteiger partial charge >= 0.3 is 0 Å². The molecule has 3 aromatic rings. The molecule has 1 saturated heterocycles. The van der Waals surface area contributed by atoms with Gasteiger partial charge in [0, 0.05) is 43.9 Å². The molecule has 0 N–H and O–H groups in total. The van der Waals surface area contributed by atoms with Crippen LogP contribution in [-0.4, -0.2) is 34.1 Å². The average molecular weight is 472 g/mol. The number of hydrogen-bond donors (Lipinski definition) is 0. The molecule has 0 spiro atoms. The molecule has 0 radical (unpaired) electrons. The molecule has 2 aliphatic heterocycles. The van der Waals surface area contributed by atoms with Crippen LogP contribution in [0.3, 0.4) is 0 Å². The number of likely N-dealkylation sites (tertiary alicyclic amines) is 1. The third-order valence-corrected chi connectivity index (χ3v) is 7.51. The van der Waals surface area contributed by atoms with Crippen LogP contribution in [0.2, 0.25) is 0 Å². The van der Waals surface area contributed by atoms with Crippen molar-refractivity contribution in [1.82, 2.24) is 14.5 Å². The molecule has 5 rings (SSSR count). The average Bonchev–Trinajstić information content (AvgIpc) is 2.86. The Labute approximate surface area is 207 Å². The van der Waals surface area contributed by atoms with Crippen molar-refractivity contribution in [3.8, 4) is 0 Å². The fraction of sp³-hybridized carbons (Fsp3) is 0.400. The van der Waals surface area contributed by atoms with E-state index in [0.717, 1.165) is 87.3 Å². The number of fused-ring (bicyclic) bond motifs is 1. The van der Waals surface area contributed by atoms with Crippen LogP contribution in [0.4, 0.5) is 4.39 Å². The maximum Gasteiger partial charge on any atom is 0.256 e. The molecule has 3 heterocycles. The predicted molar refractivity (Wildman–Crippen MR) is 139 cm³/mol. The highest BCUT2D eigenvalue weighted by Crippen LogP contribution is 2.33. The van der Waals surface area contributed by atoms with E-state index in [4.69, 9.17) is 4.98 Å². The van der Waals surface area contributed by atoms with E-state index in [2.05, 4.69) is 36.1 Å². The van der Waals surface area contributed by atoms with Crippen molar-refractivity contribution in [3.05, 3.63) is 104 Å². The molecule has 182 valence electrons. The summed E-state index contributed by atoms with van der Waals surface area (Å²) in [4.78, 5) is 20.3. The Morgan fingerprint density at radius 1 is 0.943 bits per heavy atom. The molecular formula is C30H34FN3O. The van der Waals surface area contributed by atoms with Gasteiger partial charge in [0.05, 0.1) is 0 Å². The second kappa shape index (κ2) is 10.3. The Balaban J connectivity index is 1.33. The minimum absolute atomic E-state index is 0.169. The first kappa shape index (κ1) is 23.7. The van der Waals surface area contributed by atoms with Gasteiger partial charge in [-0.25, -0.2) is 9.37 Å². The van der Waals surface area contributed by atoms with Crippen LogP contribution < -0.4 is 5.56 Å². The van der Waals surface area contributed by atoms with E-state index >= 15 is 0 Å². The zero-order valence-corrected chi connectivity index (χ0v) is 20.8. The van der Waals surface area contributed by atoms with Gasteiger partial charge < -0.3 is 4.90 Å². The van der Waals surface area contributed by atoms with Gasteiger partial charge in [0.15, 0.2) is 0 Å². The highest BCUT2D eigenvalue weighted by molar-refractivity contribution is 5.82. The molecule has 2 aromatic carbocycles. The third-order valence-electron chi connectivity index (χ3n) is 7.51. The Morgan fingerprint density at radius 3 is 2.46 bits per heavy atom. The molecular weight excluding hydrogens is 437 g/mol. The van der Waals surface area contributed by atoms with Crippen LogP contribution >= 0.6 is 0 Å². The number of rotatable bonds is 5. The summed E-state index contributed by atoms with van der Waals surface area (Å²) < 4.78 is 15.5. The van der Waals surface area contributed by atoms with Crippen molar-refractivity contribution < 1.29 is 4.39 Å². The first-order chi connectivity index (χ1) is 17.0. The molecule has 0 amide bonds. The second-order valence-corrected chi connectivity index (χ2v) is 9.95. The smallest absolute Gasteiger partial charge is 0.256 e. The summed E-state index contributed by atoms with van der Waals surface area (Å²) in [6, 6.07) is 15.5. The van der Waals surface area contributed by atoms with Crippen molar-refractivity contribution >= 4 is 5.57 Å². The van der Waals surface area contributed by atoms with Crippen molar-refractivity contribution in [2.24, 2.45) is 0 Å². The van der Waals surface area contributed by atoms with Gasteiger partial charge in [-0.05, 0) is 74.8 Å². The van der Waals surface area contributed by atoms with Gasteiger partial charge in [0.25, 0.3) is 5.56 Å². The summed E-state index contributed by atoms with van der Waals surface area (Å²) >= 11 is 0. The van der Waals surface area contributed by atoms with Crippen LogP contribution in [0, 0.1) is 19.7 Å². The molecule has 1 aromatic heterocycles. The highest BCUT2D eigenvalue weighted by Gasteiger charge is 2.21. The Morgan fingerprint density at radius 2 is 1.71 bits per heavy atom. The lowest BCUT2D eigenvalue weighted by Gasteiger charge is -2.30. The van der Waals surface area contributed by atoms with E-state index in [9.17, 15) is 9.18 Å². The van der Waals surface area contributed by atoms with Gasteiger partial charge in [0.2, 0.25) is 0 Å². The van der Waals surface area contributed by atoms with Crippen LogP contribution in [-0.2, 0) is 19.4 Å². The maximum absolute atomic E-state index is 13.6. The standard InChI is InChI=1S/C30H34FN3O/c1-21-6-5-7-25(20-21)29(23-9-11-26(31)12-10-23)24-13-17-33(18-14-24)19-15-27-22(2)32-28-8-3-4-16-34(28)30(27)35/h5-7,9-12,20H,3-4,8,13-19H2,1-2H3. The van der Waals surface area contributed by atoms with Crippen LogP contribution in [0.15, 0.2) is 58.9 Å². The zero-order valence-electron chi connectivity index (χ0n) is 20.8. The first-order valence-corrected chi connectivity index (χ1v) is 12.9. The highest BCUT2D eigenvalue weighted by atomic mass is 19.1. The number of piperidine rings is 1. The zero-order chi connectivity index (χ0) is 24.4. The molecule has 35 heavy (non-hydrogen) atoms. The second-order valence-electron chi connectivity index (χ2n) is 9.95. The normalized spacial score (nSPS) is 16.3. The first-order valence-electron chi connectivity index (χ1n) is 12.9. The molecule has 0 aliphatic carbocycles. The van der Waals surface area contributed by atoms with Gasteiger partial charge in [-0.15, -0.1) is 0 Å². The number of aryl methyl sites for hydroxylation is 3. The monoisotopic (exact) mass is 471 g/mol. The van der Waals surface area contributed by atoms with Crippen LogP contribution in [0.1, 0.15) is 59.5 Å². The summed E-state index contributed by atoms with van der Waals surface area (Å²) in [7, 11) is 0. The summed E-state index contributed by atoms with van der Waals surface area (Å²) in [5, 5.41) is 0. The molecule has 0 atom stereocenters. The minimum Gasteiger partial charge on any atom is -0.302 e. The predicted octanol–water partition coefficient (Wildman–Crippen LogP) is 5.48. The van der Waals surface area contributed by atoms with Crippen molar-refractivity contribution in [2.45, 2.75) is 58.9 Å². The molecule has 1 fully saturated rings. The third kappa shape index (κ3) is 5.15. The molecule has 0 saturated carbocycles. The summed E-state index contributed by atoms with van der Waals surface area (Å²) in [5.74, 6) is 0.750. The number of aromatic nitrogens is 2. The van der Waals surface area contributed by atoms with E-state index in [1.165, 1.54) is 22.3 Å². The Kier molecular flexibility index (Phi) is 6.96. The number of nitrogens with zero attached hydrogens (tertiary/aromatic N) is 3. The van der Waals surface area contributed by atoms with Gasteiger partial charge in [-0.1, -0.05) is 47.5 Å². The van der Waals surface area contributed by atoms with E-state index < -0.39 is 0 Å². The molecule has 0 bridgehead atoms. The lowest BCUT2D eigenvalue weighted by molar-refractivity contribution is 0.259. The van der Waals surface area contributed by atoms with E-state index in [0.29, 0.717) is 0 Å². The Bertz CT molecular complexity index is 1300. The number of halogens is 1. The summed E-state index contributed by atoms with van der Waals surface area (Å²) in [6.07, 6.45) is 5.80. The quantitative estimate of drug-likeness (QED) is 0.495. The number of hydrogen-bond acceptors (Lipinski definition) is 3.